The van der Waals surface area contributed by atoms with E-state index in [1.807, 2.05) is 12.1 Å². The molecule has 0 bridgehead atoms. The average molecular weight is 428 g/mol. The molecule has 0 radical (unpaired) electrons. The molecule has 4 heteroatoms. The van der Waals surface area contributed by atoms with Crippen molar-refractivity contribution in [1.29, 1.82) is 0 Å². The van der Waals surface area contributed by atoms with Gasteiger partial charge in [-0.1, -0.05) is 58.4 Å². The lowest BCUT2D eigenvalue weighted by Crippen LogP contribution is -2.51. The first kappa shape index (κ1) is 18.7. The zero-order valence-corrected chi connectivity index (χ0v) is 17.2. The number of piperidine rings is 1. The van der Waals surface area contributed by atoms with Crippen molar-refractivity contribution in [3.63, 3.8) is 0 Å². The minimum atomic E-state index is -0.432. The van der Waals surface area contributed by atoms with Crippen molar-refractivity contribution < 1.29 is 9.53 Å². The van der Waals surface area contributed by atoms with Crippen LogP contribution in [0.3, 0.4) is 0 Å². The zero-order chi connectivity index (χ0) is 18.7. The Balaban J connectivity index is 1.52. The molecule has 142 valence electrons. The summed E-state index contributed by atoms with van der Waals surface area (Å²) in [6.45, 7) is 3.00. The van der Waals surface area contributed by atoms with Gasteiger partial charge in [0.1, 0.15) is 0 Å². The van der Waals surface area contributed by atoms with Gasteiger partial charge in [0.05, 0.1) is 5.41 Å². The Bertz CT molecular complexity index is 761. The van der Waals surface area contributed by atoms with Crippen LogP contribution in [0, 0.1) is 0 Å². The number of benzene rings is 2. The van der Waals surface area contributed by atoms with Crippen molar-refractivity contribution in [2.24, 2.45) is 0 Å². The van der Waals surface area contributed by atoms with E-state index in [1.165, 1.54) is 5.56 Å². The van der Waals surface area contributed by atoms with E-state index in [0.717, 1.165) is 48.8 Å². The molecule has 0 unspecified atom stereocenters. The summed E-state index contributed by atoms with van der Waals surface area (Å²) >= 11 is 3.51. The highest BCUT2D eigenvalue weighted by atomic mass is 79.9. The second-order valence-corrected chi connectivity index (χ2v) is 8.59. The summed E-state index contributed by atoms with van der Waals surface area (Å²) in [5.41, 5.74) is 2.10. The van der Waals surface area contributed by atoms with Crippen LogP contribution in [0.15, 0.2) is 59.1 Å². The van der Waals surface area contributed by atoms with Gasteiger partial charge in [0, 0.05) is 30.8 Å². The molecule has 2 fully saturated rings. The van der Waals surface area contributed by atoms with Crippen molar-refractivity contribution in [1.82, 2.24) is 4.90 Å². The van der Waals surface area contributed by atoms with Crippen LogP contribution in [-0.4, -0.2) is 37.1 Å². The van der Waals surface area contributed by atoms with Crippen LogP contribution < -0.4 is 0 Å². The Kier molecular flexibility index (Phi) is 5.65. The third kappa shape index (κ3) is 3.83. The molecule has 4 rings (SSSR count). The summed E-state index contributed by atoms with van der Waals surface area (Å²) in [7, 11) is 0. The van der Waals surface area contributed by atoms with E-state index >= 15 is 0 Å². The lowest BCUT2D eigenvalue weighted by atomic mass is 9.72. The normalized spacial score (nSPS) is 20.4. The van der Waals surface area contributed by atoms with Gasteiger partial charge in [-0.3, -0.25) is 4.79 Å². The zero-order valence-electron chi connectivity index (χ0n) is 15.6. The number of carbonyl (C=O) groups excluding carboxylic acids is 1. The molecule has 0 saturated carbocycles. The quantitative estimate of drug-likeness (QED) is 0.696. The van der Waals surface area contributed by atoms with E-state index in [-0.39, 0.29) is 0 Å². The van der Waals surface area contributed by atoms with Gasteiger partial charge in [0.25, 0.3) is 0 Å². The highest BCUT2D eigenvalue weighted by Gasteiger charge is 2.44. The van der Waals surface area contributed by atoms with Crippen molar-refractivity contribution in [3.05, 3.63) is 70.2 Å². The minimum Gasteiger partial charge on any atom is -0.381 e. The second kappa shape index (κ2) is 8.15. The largest absolute Gasteiger partial charge is 0.381 e. The predicted molar refractivity (Wildman–Crippen MR) is 111 cm³/mol. The molecule has 2 aromatic rings. The monoisotopic (exact) mass is 427 g/mol. The molecule has 2 aliphatic heterocycles. The van der Waals surface area contributed by atoms with E-state index in [4.69, 9.17) is 4.74 Å². The first-order chi connectivity index (χ1) is 13.2. The molecule has 3 nitrogen and oxygen atoms in total. The molecular weight excluding hydrogens is 402 g/mol. The van der Waals surface area contributed by atoms with E-state index in [0.29, 0.717) is 25.0 Å². The number of likely N-dealkylation sites (tertiary alicyclic amines) is 1. The van der Waals surface area contributed by atoms with Crippen LogP contribution in [0.2, 0.25) is 0 Å². The molecule has 2 aliphatic rings. The van der Waals surface area contributed by atoms with Gasteiger partial charge in [-0.15, -0.1) is 0 Å². The highest BCUT2D eigenvalue weighted by molar-refractivity contribution is 9.10. The first-order valence-corrected chi connectivity index (χ1v) is 10.7. The number of hydrogen-bond acceptors (Lipinski definition) is 2. The van der Waals surface area contributed by atoms with Gasteiger partial charge in [-0.25, -0.2) is 0 Å². The average Bonchev–Trinajstić information content (AvgIpc) is 2.75. The minimum absolute atomic E-state index is 0.291. The number of carbonyl (C=O) groups is 1. The predicted octanol–water partition coefficient (Wildman–Crippen LogP) is 4.90. The van der Waals surface area contributed by atoms with Crippen molar-refractivity contribution in [2.75, 3.05) is 26.3 Å². The maximum atomic E-state index is 13.7. The van der Waals surface area contributed by atoms with Gasteiger partial charge < -0.3 is 9.64 Å². The molecular formula is C23H26BrNO2. The summed E-state index contributed by atoms with van der Waals surface area (Å²) in [6, 6.07) is 19.0. The molecule has 0 aromatic heterocycles. The Morgan fingerprint density at radius 3 is 2.22 bits per heavy atom. The van der Waals surface area contributed by atoms with Gasteiger partial charge >= 0.3 is 0 Å². The fourth-order valence-electron chi connectivity index (χ4n) is 4.56. The summed E-state index contributed by atoms with van der Waals surface area (Å²) in [4.78, 5) is 15.8. The number of halogens is 1. The maximum Gasteiger partial charge on any atom is 0.233 e. The highest BCUT2D eigenvalue weighted by Crippen LogP contribution is 2.39. The Morgan fingerprint density at radius 2 is 1.59 bits per heavy atom. The second-order valence-electron chi connectivity index (χ2n) is 7.68. The first-order valence-electron chi connectivity index (χ1n) is 9.87. The van der Waals surface area contributed by atoms with Crippen LogP contribution in [0.4, 0.5) is 0 Å². The van der Waals surface area contributed by atoms with E-state index in [9.17, 15) is 4.79 Å². The lowest BCUT2D eigenvalue weighted by Gasteiger charge is -2.42. The molecule has 2 aromatic carbocycles. The third-order valence-corrected chi connectivity index (χ3v) is 6.73. The van der Waals surface area contributed by atoms with Gasteiger partial charge in [0.2, 0.25) is 5.91 Å². The third-order valence-electron chi connectivity index (χ3n) is 6.21. The van der Waals surface area contributed by atoms with E-state index in [1.54, 1.807) is 0 Å². The molecule has 0 atom stereocenters. The number of rotatable bonds is 3. The van der Waals surface area contributed by atoms with Crippen LogP contribution >= 0.6 is 15.9 Å². The lowest BCUT2D eigenvalue weighted by molar-refractivity contribution is -0.142. The fraction of sp³-hybridized carbons (Fsp3) is 0.435. The van der Waals surface area contributed by atoms with Gasteiger partial charge in [-0.2, -0.15) is 0 Å². The Morgan fingerprint density at radius 1 is 0.963 bits per heavy atom. The maximum absolute atomic E-state index is 13.7. The van der Waals surface area contributed by atoms with Gasteiger partial charge in [-0.05, 0) is 54.9 Å². The molecule has 0 N–H and O–H groups in total. The van der Waals surface area contributed by atoms with E-state index in [2.05, 4.69) is 63.3 Å². The molecule has 0 aliphatic carbocycles. The molecule has 2 heterocycles. The van der Waals surface area contributed by atoms with Crippen LogP contribution in [0.1, 0.15) is 42.7 Å². The SMILES string of the molecule is O=C(N1CCC(c2ccccc2)CC1)C1(c2ccc(Br)cc2)CCOCC1. The summed E-state index contributed by atoms with van der Waals surface area (Å²) in [6.07, 6.45) is 3.63. The summed E-state index contributed by atoms with van der Waals surface area (Å²) < 4.78 is 6.65. The van der Waals surface area contributed by atoms with Crippen molar-refractivity contribution >= 4 is 21.8 Å². The number of ether oxygens (including phenoxy) is 1. The Labute approximate surface area is 169 Å². The van der Waals surface area contributed by atoms with E-state index < -0.39 is 5.41 Å². The van der Waals surface area contributed by atoms with Crippen LogP contribution in [-0.2, 0) is 14.9 Å². The van der Waals surface area contributed by atoms with Crippen molar-refractivity contribution in [3.8, 4) is 0 Å². The molecule has 0 spiro atoms. The number of nitrogens with zero attached hydrogens (tertiary/aromatic N) is 1. The molecule has 27 heavy (non-hydrogen) atoms. The number of hydrogen-bond donors (Lipinski definition) is 0. The topological polar surface area (TPSA) is 29.5 Å². The van der Waals surface area contributed by atoms with Crippen molar-refractivity contribution in [2.45, 2.75) is 37.0 Å². The standard InChI is InChI=1S/C23H26BrNO2/c24-21-8-6-20(7-9-21)23(12-16-27-17-13-23)22(26)25-14-10-19(11-15-25)18-4-2-1-3-5-18/h1-9,19H,10-17H2. The number of amides is 1. The fourth-order valence-corrected chi connectivity index (χ4v) is 4.82. The summed E-state index contributed by atoms with van der Waals surface area (Å²) in [5, 5.41) is 0. The smallest absolute Gasteiger partial charge is 0.233 e. The van der Waals surface area contributed by atoms with Gasteiger partial charge in [0.15, 0.2) is 0 Å². The van der Waals surface area contributed by atoms with Crippen LogP contribution in [0.5, 0.6) is 0 Å². The molecule has 1 amide bonds. The van der Waals surface area contributed by atoms with Crippen LogP contribution in [0.25, 0.3) is 0 Å². The Hall–Kier alpha value is -1.65. The summed E-state index contributed by atoms with van der Waals surface area (Å²) in [5.74, 6) is 0.855. The molecule has 2 saturated heterocycles.